The summed E-state index contributed by atoms with van der Waals surface area (Å²) in [5, 5.41) is 0.809. The third-order valence-corrected chi connectivity index (χ3v) is 8.21. The summed E-state index contributed by atoms with van der Waals surface area (Å²) in [5.74, 6) is 0. The maximum atomic E-state index is 13.1. The standard InChI is InChI=1S/C20H19N3O3S3/c1-4-23-17(11-13-7-5-6-10-21-13)28-18(19(23)24)20-22(2)15-12-14(29(3,25)26)8-9-16(15)27-20/h5-12H,4H2,1-3H3/b17-11-,20-18+. The van der Waals surface area contributed by atoms with E-state index in [-0.39, 0.29) is 10.5 Å². The minimum absolute atomic E-state index is 0.0508. The molecule has 1 aromatic carbocycles. The monoisotopic (exact) mass is 445 g/mol. The highest BCUT2D eigenvalue weighted by atomic mass is 32.2. The lowest BCUT2D eigenvalue weighted by Crippen LogP contribution is -2.33. The van der Waals surface area contributed by atoms with Crippen molar-refractivity contribution in [1.82, 2.24) is 9.55 Å². The maximum absolute atomic E-state index is 13.1. The smallest absolute Gasteiger partial charge is 0.271 e. The van der Waals surface area contributed by atoms with Crippen LogP contribution in [0.15, 0.2) is 57.2 Å². The molecule has 29 heavy (non-hydrogen) atoms. The van der Waals surface area contributed by atoms with Gasteiger partial charge in [0.25, 0.3) is 5.56 Å². The van der Waals surface area contributed by atoms with Crippen LogP contribution in [0.5, 0.6) is 0 Å². The van der Waals surface area contributed by atoms with Crippen LogP contribution < -0.4 is 19.7 Å². The Kier molecular flexibility index (Phi) is 5.14. The minimum Gasteiger partial charge on any atom is -0.337 e. The Morgan fingerprint density at radius 1 is 1.21 bits per heavy atom. The van der Waals surface area contributed by atoms with Gasteiger partial charge in [0.05, 0.1) is 16.3 Å². The van der Waals surface area contributed by atoms with E-state index in [4.69, 9.17) is 0 Å². The molecule has 0 fully saturated rings. The number of fused-ring (bicyclic) bond motifs is 1. The van der Waals surface area contributed by atoms with Crippen LogP contribution in [0.1, 0.15) is 12.6 Å². The van der Waals surface area contributed by atoms with Crippen LogP contribution in [0, 0.1) is 0 Å². The lowest BCUT2D eigenvalue weighted by molar-refractivity contribution is 0.602. The fraction of sp³-hybridized carbons (Fsp3) is 0.200. The molecule has 150 valence electrons. The molecule has 0 saturated heterocycles. The van der Waals surface area contributed by atoms with Gasteiger partial charge in [-0.3, -0.25) is 14.3 Å². The van der Waals surface area contributed by atoms with Crippen LogP contribution in [0.2, 0.25) is 0 Å². The topological polar surface area (TPSA) is 72.3 Å². The van der Waals surface area contributed by atoms with E-state index in [0.29, 0.717) is 11.1 Å². The van der Waals surface area contributed by atoms with Crippen LogP contribution in [0.25, 0.3) is 11.1 Å². The Bertz CT molecular complexity index is 1370. The zero-order chi connectivity index (χ0) is 20.8. The number of thiazole rings is 1. The quantitative estimate of drug-likeness (QED) is 0.613. The number of anilines is 1. The van der Waals surface area contributed by atoms with Gasteiger partial charge in [0.1, 0.15) is 14.2 Å². The Morgan fingerprint density at radius 2 is 2.00 bits per heavy atom. The second kappa shape index (κ2) is 7.47. The van der Waals surface area contributed by atoms with E-state index in [0.717, 1.165) is 26.0 Å². The molecule has 6 nitrogen and oxygen atoms in total. The van der Waals surface area contributed by atoms with E-state index in [1.165, 1.54) is 29.4 Å². The molecule has 2 aromatic heterocycles. The van der Waals surface area contributed by atoms with Crippen LogP contribution >= 0.6 is 23.1 Å². The molecule has 0 spiro atoms. The van der Waals surface area contributed by atoms with Gasteiger partial charge < -0.3 is 4.90 Å². The first-order valence-corrected chi connectivity index (χ1v) is 12.4. The molecule has 0 atom stereocenters. The summed E-state index contributed by atoms with van der Waals surface area (Å²) in [6, 6.07) is 10.7. The number of sulfone groups is 1. The second-order valence-corrected chi connectivity index (χ2v) is 10.7. The van der Waals surface area contributed by atoms with Crippen molar-refractivity contribution in [1.29, 1.82) is 0 Å². The minimum atomic E-state index is -3.30. The fourth-order valence-electron chi connectivity index (χ4n) is 3.11. The first kappa shape index (κ1) is 19.9. The number of rotatable bonds is 3. The van der Waals surface area contributed by atoms with Crippen molar-refractivity contribution >= 4 is 49.7 Å². The SMILES string of the molecule is CCn1c(=O)/c(=C2\Sc3ccc(S(C)(=O)=O)cc3N2C)s/c1=C\c1ccccn1. The molecule has 3 aromatic rings. The summed E-state index contributed by atoms with van der Waals surface area (Å²) in [6.45, 7) is 2.50. The molecule has 1 aliphatic rings. The fourth-order valence-corrected chi connectivity index (χ4v) is 6.20. The zero-order valence-corrected chi connectivity index (χ0v) is 18.6. The molecule has 0 radical (unpaired) electrons. The second-order valence-electron chi connectivity index (χ2n) is 6.59. The predicted octanol–water partition coefficient (Wildman–Crippen LogP) is 1.86. The Balaban J connectivity index is 1.90. The number of nitrogens with zero attached hydrogens (tertiary/aromatic N) is 3. The molecule has 0 amide bonds. The Morgan fingerprint density at radius 3 is 2.66 bits per heavy atom. The number of thioether (sulfide) groups is 1. The van der Waals surface area contributed by atoms with Crippen molar-refractivity contribution in [2.75, 3.05) is 18.2 Å². The number of pyridine rings is 1. The van der Waals surface area contributed by atoms with E-state index in [1.54, 1.807) is 29.0 Å². The highest BCUT2D eigenvalue weighted by Gasteiger charge is 2.26. The molecule has 0 saturated carbocycles. The van der Waals surface area contributed by atoms with Crippen molar-refractivity contribution in [3.63, 3.8) is 0 Å². The molecule has 0 bridgehead atoms. The molecule has 0 unspecified atom stereocenters. The lowest BCUT2D eigenvalue weighted by Gasteiger charge is -2.13. The van der Waals surface area contributed by atoms with Gasteiger partial charge in [-0.05, 0) is 43.3 Å². The van der Waals surface area contributed by atoms with Crippen LogP contribution in [-0.2, 0) is 16.4 Å². The molecule has 3 heterocycles. The first-order chi connectivity index (χ1) is 13.8. The highest BCUT2D eigenvalue weighted by Crippen LogP contribution is 2.46. The van der Waals surface area contributed by atoms with Crippen molar-refractivity contribution in [3.8, 4) is 0 Å². The molecule has 0 N–H and O–H groups in total. The van der Waals surface area contributed by atoms with E-state index < -0.39 is 9.84 Å². The molecular weight excluding hydrogens is 426 g/mol. The molecular formula is C20H19N3O3S3. The van der Waals surface area contributed by atoms with Gasteiger partial charge in [-0.25, -0.2) is 8.42 Å². The van der Waals surface area contributed by atoms with Crippen LogP contribution in [-0.4, -0.2) is 31.3 Å². The summed E-state index contributed by atoms with van der Waals surface area (Å²) in [4.78, 5) is 20.5. The summed E-state index contributed by atoms with van der Waals surface area (Å²) >= 11 is 2.91. The summed E-state index contributed by atoms with van der Waals surface area (Å²) in [5.41, 5.74) is 1.53. The summed E-state index contributed by atoms with van der Waals surface area (Å²) in [7, 11) is -1.44. The van der Waals surface area contributed by atoms with Gasteiger partial charge >= 0.3 is 0 Å². The number of benzene rings is 1. The van der Waals surface area contributed by atoms with Crippen LogP contribution in [0.4, 0.5) is 5.69 Å². The van der Waals surface area contributed by atoms with Gasteiger partial charge in [0, 0.05) is 30.9 Å². The molecule has 4 rings (SSSR count). The number of hydrogen-bond donors (Lipinski definition) is 0. The predicted molar refractivity (Wildman–Crippen MR) is 119 cm³/mol. The van der Waals surface area contributed by atoms with Crippen molar-refractivity contribution in [2.24, 2.45) is 0 Å². The van der Waals surface area contributed by atoms with Gasteiger partial charge in [-0.1, -0.05) is 17.8 Å². The van der Waals surface area contributed by atoms with E-state index in [9.17, 15) is 13.2 Å². The highest BCUT2D eigenvalue weighted by molar-refractivity contribution is 8.08. The molecule has 9 heteroatoms. The average molecular weight is 446 g/mol. The number of aromatic nitrogens is 2. The number of hydrogen-bond acceptors (Lipinski definition) is 7. The van der Waals surface area contributed by atoms with Gasteiger partial charge in [0.2, 0.25) is 0 Å². The Hall–Kier alpha value is -2.36. The Labute approximate surface area is 176 Å². The van der Waals surface area contributed by atoms with Gasteiger partial charge in [0.15, 0.2) is 9.84 Å². The largest absolute Gasteiger partial charge is 0.337 e. The first-order valence-electron chi connectivity index (χ1n) is 8.92. The summed E-state index contributed by atoms with van der Waals surface area (Å²) in [6.07, 6.45) is 4.83. The third-order valence-electron chi connectivity index (χ3n) is 4.61. The molecule has 0 aliphatic carbocycles. The maximum Gasteiger partial charge on any atom is 0.271 e. The van der Waals surface area contributed by atoms with Crippen molar-refractivity contribution < 1.29 is 8.42 Å². The third kappa shape index (κ3) is 3.65. The van der Waals surface area contributed by atoms with Gasteiger partial charge in [-0.2, -0.15) is 0 Å². The zero-order valence-electron chi connectivity index (χ0n) is 16.1. The molecule has 1 aliphatic heterocycles. The van der Waals surface area contributed by atoms with Gasteiger partial charge in [-0.15, -0.1) is 11.3 Å². The van der Waals surface area contributed by atoms with E-state index in [1.807, 2.05) is 43.1 Å². The van der Waals surface area contributed by atoms with Crippen molar-refractivity contribution in [3.05, 3.63) is 67.8 Å². The lowest BCUT2D eigenvalue weighted by atomic mass is 10.3. The van der Waals surface area contributed by atoms with Crippen molar-refractivity contribution in [2.45, 2.75) is 23.3 Å². The summed E-state index contributed by atoms with van der Waals surface area (Å²) < 4.78 is 27.0. The average Bonchev–Trinajstić information content (AvgIpc) is 3.18. The van der Waals surface area contributed by atoms with E-state index in [2.05, 4.69) is 4.98 Å². The normalized spacial score (nSPS) is 16.4. The van der Waals surface area contributed by atoms with Crippen LogP contribution in [0.3, 0.4) is 0 Å². The van der Waals surface area contributed by atoms with E-state index >= 15 is 0 Å².